The van der Waals surface area contributed by atoms with Crippen LogP contribution in [-0.2, 0) is 85.5 Å². The Labute approximate surface area is 853 Å². The Balaban J connectivity index is 0.000000397. The molecule has 3 aromatic carbocycles. The zero-order valence-electron chi connectivity index (χ0n) is 89.2. The van der Waals surface area contributed by atoms with Crippen LogP contribution in [0.3, 0.4) is 0 Å². The summed E-state index contributed by atoms with van der Waals surface area (Å²) in [4.78, 5) is 82.3. The lowest BCUT2D eigenvalue weighted by atomic mass is 9.95. The highest BCUT2D eigenvalue weighted by Crippen LogP contribution is 2.34. The van der Waals surface area contributed by atoms with Crippen molar-refractivity contribution in [3.63, 3.8) is 0 Å². The Morgan fingerprint density at radius 3 is 0.796 bits per heavy atom. The molecule has 4 fully saturated rings. The average molecular weight is 2010 g/mol. The molecule has 0 amide bonds. The second-order valence-electron chi connectivity index (χ2n) is 40.2. The van der Waals surface area contributed by atoms with Crippen LogP contribution >= 0.6 is 0 Å². The predicted molar refractivity (Wildman–Crippen MR) is 552 cm³/mol. The monoisotopic (exact) mass is 2010 g/mol. The molecule has 4 aliphatic heterocycles. The van der Waals surface area contributed by atoms with E-state index in [9.17, 15) is 59.1 Å². The third kappa shape index (κ3) is 61.9. The highest BCUT2D eigenvalue weighted by Gasteiger charge is 2.41. The number of unbranched alkanes of at least 4 members (excludes halogenated alkanes) is 36. The van der Waals surface area contributed by atoms with Gasteiger partial charge in [0.25, 0.3) is 0 Å². The zero-order valence-corrected chi connectivity index (χ0v) is 89.2. The Morgan fingerprint density at radius 2 is 0.528 bits per heavy atom. The van der Waals surface area contributed by atoms with Gasteiger partial charge < -0.3 is 97.0 Å². The Hall–Kier alpha value is -6.57. The van der Waals surface area contributed by atoms with E-state index in [0.717, 1.165) is 122 Å². The number of hydrogen-bond acceptors (Lipinski definition) is 26. The maximum Gasteiger partial charge on any atom is 0.338 e. The quantitative estimate of drug-likeness (QED) is 0.0174. The maximum atomic E-state index is 12.6. The normalized spacial score (nSPS) is 22.9. The molecule has 814 valence electrons. The molecule has 4 heterocycles. The molecule has 0 bridgehead atoms. The fraction of sp³-hybridized carbons (Fsp3) is 0.783. The maximum absolute atomic E-state index is 12.6. The first-order valence-electron chi connectivity index (χ1n) is 55.6. The molecule has 27 nitrogen and oxygen atoms in total. The van der Waals surface area contributed by atoms with Crippen LogP contribution in [0.1, 0.15) is 441 Å². The van der Waals surface area contributed by atoms with Crippen molar-refractivity contribution in [2.24, 2.45) is 23.7 Å². The number of aliphatic carboxylic acids is 1. The van der Waals surface area contributed by atoms with Crippen LogP contribution in [0.15, 0.2) is 91.0 Å². The summed E-state index contributed by atoms with van der Waals surface area (Å²) in [7, 11) is 0. The van der Waals surface area contributed by atoms with Crippen LogP contribution in [0.2, 0.25) is 0 Å². The molecule has 7 rings (SSSR count). The summed E-state index contributed by atoms with van der Waals surface area (Å²) in [6, 6.07) is 27.2. The summed E-state index contributed by atoms with van der Waals surface area (Å²) >= 11 is 0. The predicted octanol–water partition coefficient (Wildman–Crippen LogP) is 24.1. The van der Waals surface area contributed by atoms with Gasteiger partial charge in [0.05, 0.1) is 105 Å². The van der Waals surface area contributed by atoms with Gasteiger partial charge in [0, 0.05) is 39.3 Å². The number of benzene rings is 3. The van der Waals surface area contributed by atoms with Crippen molar-refractivity contribution in [2.75, 3.05) is 46.2 Å². The molecule has 3 aromatic rings. The highest BCUT2D eigenvalue weighted by atomic mass is 16.7. The number of aliphatic hydroxyl groups is 5. The Bertz CT molecular complexity index is 3310. The molecular formula is C115H192O27. The molecule has 0 saturated carbocycles. The standard InChI is InChI=1S/C32H52O6.2C31H50O7.C21H40O7/c1-5-35-30(33)23-25(2)19-15-12-10-8-6-7-9-11-13-18-22-36-32-29(24-26(3)27(4)37-32)38-31(34)28-20-16-14-17-21-28;2*1-4-35-29(33)23-27(32)20-16-11-9-7-5-6-8-10-12-17-21-36-31-28(22-24(2)25(3)37-31)38-30(34)26-18-14-13-15-19-26;1-16-18(23)15-19(24)21(28-16)27-13-11-9-7-5-3-2-4-6-8-10-12-17(22)14-20(25)26/h14,16-17,20-21,25-27,29,32H,5-13,15,18-19,22-24H2,1-4H3;2*13-15,18-19,24-25,27-28,31-32H,4-12,16-17,20-23H2,1-3H3;16-19,21-24H,2-15H2,1H3,(H,25,26)/t25-,26-,27?,29?,32-;2*24-,25?,27-,28?,31-;16?,17-,18-,19?,21-/m1111/s1. The fourth-order valence-electron chi connectivity index (χ4n) is 17.9. The fourth-order valence-corrected chi connectivity index (χ4v) is 17.9. The molecule has 8 unspecified atom stereocenters. The van der Waals surface area contributed by atoms with Crippen LogP contribution in [0.4, 0.5) is 0 Å². The van der Waals surface area contributed by atoms with Crippen molar-refractivity contribution in [3.8, 4) is 0 Å². The number of carbonyl (C=O) groups is 7. The van der Waals surface area contributed by atoms with Gasteiger partial charge in [-0.2, -0.15) is 0 Å². The van der Waals surface area contributed by atoms with Crippen LogP contribution in [0, 0.1) is 23.7 Å². The molecular weight excluding hydrogens is 1810 g/mol. The SMILES string of the molecule is CC1O[C@@H](OCCCCCCCCCCCC[C@@H](O)CC(=O)O)C(O)C[C@H]1O.CCOC(=O)C[C@H](C)CCCCCCCCCCCCO[C@@H]1OC(C)[C@H](C)CC1OC(=O)c1ccccc1.CCOC(=O)C[C@H](O)CCCCCCCCCCCCO[C@@H]1OC(C)[C@H](C)CC1OC(=O)c1ccccc1.CCOC(=O)C[C@H](O)CCCCCCCCCCCCO[C@@H]1OC(C)[C@H](C)CC1OC(=O)c1ccccc1. The molecule has 142 heavy (non-hydrogen) atoms. The first-order valence-corrected chi connectivity index (χ1v) is 55.6. The Kier molecular flexibility index (Phi) is 73.2. The van der Waals surface area contributed by atoms with Gasteiger partial charge in [0.2, 0.25) is 0 Å². The van der Waals surface area contributed by atoms with E-state index >= 15 is 0 Å². The van der Waals surface area contributed by atoms with Gasteiger partial charge in [-0.3, -0.25) is 19.2 Å². The van der Waals surface area contributed by atoms with Crippen LogP contribution < -0.4 is 0 Å². The minimum absolute atomic E-state index is 0.0633. The van der Waals surface area contributed by atoms with E-state index in [0.29, 0.717) is 119 Å². The van der Waals surface area contributed by atoms with E-state index in [-0.39, 0.29) is 85.6 Å². The van der Waals surface area contributed by atoms with E-state index in [1.54, 1.807) is 57.2 Å². The zero-order chi connectivity index (χ0) is 104. The smallest absolute Gasteiger partial charge is 0.338 e. The number of hydrogen-bond donors (Lipinski definition) is 6. The minimum atomic E-state index is -0.937. The summed E-state index contributed by atoms with van der Waals surface area (Å²) in [5, 5.41) is 57.2. The van der Waals surface area contributed by atoms with Crippen molar-refractivity contribution in [1.82, 2.24) is 0 Å². The summed E-state index contributed by atoms with van der Waals surface area (Å²) in [6.07, 6.45) is 45.8. The molecule has 0 radical (unpaired) electrons. The molecule has 0 aromatic heterocycles. The van der Waals surface area contributed by atoms with E-state index in [1.165, 1.54) is 161 Å². The van der Waals surface area contributed by atoms with Gasteiger partial charge >= 0.3 is 41.8 Å². The third-order valence-electron chi connectivity index (χ3n) is 27.3. The highest BCUT2D eigenvalue weighted by molar-refractivity contribution is 5.90. The van der Waals surface area contributed by atoms with E-state index in [2.05, 4.69) is 34.6 Å². The van der Waals surface area contributed by atoms with E-state index in [4.69, 9.17) is 71.4 Å². The number of ether oxygens (including phenoxy) is 14. The number of carbonyl (C=O) groups excluding carboxylic acids is 6. The van der Waals surface area contributed by atoms with Crippen molar-refractivity contribution >= 4 is 41.8 Å². The van der Waals surface area contributed by atoms with Gasteiger partial charge in [0.1, 0.15) is 6.10 Å². The lowest BCUT2D eigenvalue weighted by molar-refractivity contribution is -0.261. The topological polar surface area (TPSA) is 370 Å². The molecule has 4 aliphatic rings. The van der Waals surface area contributed by atoms with Crippen LogP contribution in [-0.4, -0.2) is 217 Å². The van der Waals surface area contributed by atoms with Gasteiger partial charge in [-0.05, 0) is 173 Å². The second kappa shape index (κ2) is 81.4. The van der Waals surface area contributed by atoms with E-state index in [1.807, 2.05) is 75.4 Å². The van der Waals surface area contributed by atoms with Gasteiger partial charge in [-0.25, -0.2) is 14.4 Å². The van der Waals surface area contributed by atoms with Crippen molar-refractivity contribution < 1.29 is 131 Å². The van der Waals surface area contributed by atoms with Gasteiger partial charge in [0.15, 0.2) is 43.5 Å². The summed E-state index contributed by atoms with van der Waals surface area (Å²) in [6.45, 7) is 25.4. The van der Waals surface area contributed by atoms with Crippen molar-refractivity contribution in [1.29, 1.82) is 0 Å². The number of esters is 6. The van der Waals surface area contributed by atoms with Crippen molar-refractivity contribution in [3.05, 3.63) is 108 Å². The number of aliphatic hydroxyl groups excluding tert-OH is 5. The number of rotatable bonds is 73. The van der Waals surface area contributed by atoms with Gasteiger partial charge in [-0.15, -0.1) is 0 Å². The van der Waals surface area contributed by atoms with Gasteiger partial charge in [-0.1, -0.05) is 320 Å². The van der Waals surface area contributed by atoms with E-state index < -0.39 is 73.9 Å². The molecule has 0 spiro atoms. The Morgan fingerprint density at radius 1 is 0.296 bits per heavy atom. The minimum Gasteiger partial charge on any atom is -0.481 e. The van der Waals surface area contributed by atoms with Crippen LogP contribution in [0.5, 0.6) is 0 Å². The summed E-state index contributed by atoms with van der Waals surface area (Å²) < 4.78 is 79.5. The molecule has 27 heteroatoms. The molecule has 6 N–H and O–H groups in total. The molecule has 20 atom stereocenters. The first-order chi connectivity index (χ1) is 68.6. The summed E-state index contributed by atoms with van der Waals surface area (Å²) in [5.74, 6) is -1.29. The van der Waals surface area contributed by atoms with Crippen LogP contribution in [0.25, 0.3) is 0 Å². The summed E-state index contributed by atoms with van der Waals surface area (Å²) in [5.41, 5.74) is 1.64. The van der Waals surface area contributed by atoms with Crippen molar-refractivity contribution in [2.45, 2.75) is 508 Å². The largest absolute Gasteiger partial charge is 0.481 e. The average Bonchev–Trinajstić information content (AvgIpc) is 0.834. The lowest BCUT2D eigenvalue weighted by Gasteiger charge is -2.38. The second-order valence-corrected chi connectivity index (χ2v) is 40.2. The lowest BCUT2D eigenvalue weighted by Crippen LogP contribution is -2.47. The number of carboxylic acid groups (broad SMARTS) is 1. The molecule has 0 aliphatic carbocycles. The third-order valence-corrected chi connectivity index (χ3v) is 27.3. The number of carboxylic acids is 1. The first kappa shape index (κ1) is 128. The molecule has 4 saturated heterocycles.